The lowest BCUT2D eigenvalue weighted by atomic mass is 9.98. The van der Waals surface area contributed by atoms with Crippen molar-refractivity contribution in [3.63, 3.8) is 0 Å². The topological polar surface area (TPSA) is 0 Å². The van der Waals surface area contributed by atoms with E-state index in [1.54, 1.807) is 6.07 Å². The number of benzene rings is 3. The third-order valence-corrected chi connectivity index (χ3v) is 4.59. The lowest BCUT2D eigenvalue weighted by molar-refractivity contribution is 0.607. The molecule has 1 unspecified atom stereocenters. The van der Waals surface area contributed by atoms with Gasteiger partial charge in [-0.2, -0.15) is 0 Å². The Balaban J connectivity index is 1.94. The molecule has 106 valence electrons. The molecule has 0 aliphatic heterocycles. The summed E-state index contributed by atoms with van der Waals surface area (Å²) in [6.07, 6.45) is 0.765. The number of fused-ring (bicyclic) bond motifs is 1. The second kappa shape index (κ2) is 5.98. The SMILES string of the molecule is Cc1ccc(C(Br)Cc2cccc3ccccc23)c(F)c1. The number of hydrogen-bond acceptors (Lipinski definition) is 0. The van der Waals surface area contributed by atoms with Gasteiger partial charge >= 0.3 is 0 Å². The van der Waals surface area contributed by atoms with Crippen LogP contribution >= 0.6 is 15.9 Å². The Bertz CT molecular complexity index is 774. The second-order valence-corrected chi connectivity index (χ2v) is 6.44. The fourth-order valence-electron chi connectivity index (χ4n) is 2.66. The van der Waals surface area contributed by atoms with Gasteiger partial charge < -0.3 is 0 Å². The molecule has 0 aromatic heterocycles. The van der Waals surface area contributed by atoms with Crippen LogP contribution in [0.3, 0.4) is 0 Å². The van der Waals surface area contributed by atoms with E-state index >= 15 is 0 Å². The van der Waals surface area contributed by atoms with E-state index in [1.807, 2.05) is 31.2 Å². The second-order valence-electron chi connectivity index (χ2n) is 5.33. The zero-order valence-corrected chi connectivity index (χ0v) is 13.4. The maximum Gasteiger partial charge on any atom is 0.127 e. The minimum Gasteiger partial charge on any atom is -0.207 e. The maximum atomic E-state index is 14.1. The quantitative estimate of drug-likeness (QED) is 0.514. The van der Waals surface area contributed by atoms with Crippen LogP contribution in [0.5, 0.6) is 0 Å². The van der Waals surface area contributed by atoms with E-state index in [1.165, 1.54) is 16.3 Å². The van der Waals surface area contributed by atoms with Gasteiger partial charge in [-0.25, -0.2) is 4.39 Å². The van der Waals surface area contributed by atoms with Gasteiger partial charge in [-0.1, -0.05) is 70.5 Å². The van der Waals surface area contributed by atoms with Gasteiger partial charge in [-0.3, -0.25) is 0 Å². The lowest BCUT2D eigenvalue weighted by Gasteiger charge is -2.13. The molecule has 0 aliphatic rings. The van der Waals surface area contributed by atoms with Gasteiger partial charge in [-0.05, 0) is 41.3 Å². The Labute approximate surface area is 132 Å². The average molecular weight is 343 g/mol. The van der Waals surface area contributed by atoms with Gasteiger partial charge in [-0.15, -0.1) is 0 Å². The molecule has 0 nitrogen and oxygen atoms in total. The van der Waals surface area contributed by atoms with E-state index in [9.17, 15) is 4.39 Å². The molecule has 3 aromatic rings. The molecule has 0 saturated heterocycles. The van der Waals surface area contributed by atoms with Crippen molar-refractivity contribution in [3.8, 4) is 0 Å². The highest BCUT2D eigenvalue weighted by atomic mass is 79.9. The van der Waals surface area contributed by atoms with E-state index in [0.29, 0.717) is 5.56 Å². The van der Waals surface area contributed by atoms with Crippen molar-refractivity contribution in [2.24, 2.45) is 0 Å². The van der Waals surface area contributed by atoms with Crippen LogP contribution in [0.15, 0.2) is 60.7 Å². The molecule has 0 spiro atoms. The van der Waals surface area contributed by atoms with Crippen molar-refractivity contribution < 1.29 is 4.39 Å². The molecule has 0 fully saturated rings. The van der Waals surface area contributed by atoms with Crippen molar-refractivity contribution in [1.29, 1.82) is 0 Å². The van der Waals surface area contributed by atoms with E-state index in [-0.39, 0.29) is 10.6 Å². The molecule has 0 heterocycles. The molecular formula is C19H16BrF. The Kier molecular flexibility index (Phi) is 4.07. The van der Waals surface area contributed by atoms with E-state index in [0.717, 1.165) is 12.0 Å². The first-order valence-electron chi connectivity index (χ1n) is 7.02. The molecule has 0 radical (unpaired) electrons. The Morgan fingerprint density at radius 1 is 1.00 bits per heavy atom. The molecule has 0 bridgehead atoms. The lowest BCUT2D eigenvalue weighted by Crippen LogP contribution is -1.99. The monoisotopic (exact) mass is 342 g/mol. The first-order chi connectivity index (χ1) is 10.1. The van der Waals surface area contributed by atoms with Crippen molar-refractivity contribution in [2.45, 2.75) is 18.2 Å². The van der Waals surface area contributed by atoms with Crippen LogP contribution in [0.1, 0.15) is 21.5 Å². The van der Waals surface area contributed by atoms with Gasteiger partial charge in [0.05, 0.1) is 0 Å². The minimum atomic E-state index is -0.142. The summed E-state index contributed by atoms with van der Waals surface area (Å²) in [4.78, 5) is -0.0242. The van der Waals surface area contributed by atoms with Crippen LogP contribution in [0.25, 0.3) is 10.8 Å². The summed E-state index contributed by atoms with van der Waals surface area (Å²) in [6, 6.07) is 20.0. The number of alkyl halides is 1. The summed E-state index contributed by atoms with van der Waals surface area (Å²) in [5, 5.41) is 2.45. The Morgan fingerprint density at radius 3 is 2.57 bits per heavy atom. The van der Waals surface area contributed by atoms with E-state index in [4.69, 9.17) is 0 Å². The molecule has 3 rings (SSSR count). The van der Waals surface area contributed by atoms with E-state index in [2.05, 4.69) is 46.3 Å². The molecule has 0 saturated carbocycles. The van der Waals surface area contributed by atoms with Gasteiger partial charge in [0, 0.05) is 10.4 Å². The van der Waals surface area contributed by atoms with Gasteiger partial charge in [0.2, 0.25) is 0 Å². The normalized spacial score (nSPS) is 12.5. The molecule has 1 atom stereocenters. The van der Waals surface area contributed by atoms with Crippen LogP contribution in [-0.4, -0.2) is 0 Å². The fourth-order valence-corrected chi connectivity index (χ4v) is 3.38. The largest absolute Gasteiger partial charge is 0.207 e. The zero-order valence-electron chi connectivity index (χ0n) is 11.8. The smallest absolute Gasteiger partial charge is 0.127 e. The highest BCUT2D eigenvalue weighted by Gasteiger charge is 2.14. The third-order valence-electron chi connectivity index (χ3n) is 3.77. The predicted molar refractivity (Wildman–Crippen MR) is 90.5 cm³/mol. The van der Waals surface area contributed by atoms with E-state index < -0.39 is 0 Å². The predicted octanol–water partition coefficient (Wildman–Crippen LogP) is 5.97. The summed E-state index contributed by atoms with van der Waals surface area (Å²) in [7, 11) is 0. The Morgan fingerprint density at radius 2 is 1.76 bits per heavy atom. The summed E-state index contributed by atoms with van der Waals surface area (Å²) in [5.41, 5.74) is 2.89. The number of aryl methyl sites for hydroxylation is 1. The summed E-state index contributed by atoms with van der Waals surface area (Å²) in [5.74, 6) is -0.142. The number of rotatable bonds is 3. The Hall–Kier alpha value is -1.67. The number of hydrogen-bond donors (Lipinski definition) is 0. The van der Waals surface area contributed by atoms with Crippen molar-refractivity contribution >= 4 is 26.7 Å². The third kappa shape index (κ3) is 3.01. The molecule has 3 aromatic carbocycles. The molecule has 0 N–H and O–H groups in total. The van der Waals surface area contributed by atoms with Crippen molar-refractivity contribution in [1.82, 2.24) is 0 Å². The molecule has 0 aliphatic carbocycles. The summed E-state index contributed by atoms with van der Waals surface area (Å²) >= 11 is 3.64. The molecule has 21 heavy (non-hydrogen) atoms. The molecular weight excluding hydrogens is 327 g/mol. The van der Waals surface area contributed by atoms with Crippen LogP contribution in [0.4, 0.5) is 4.39 Å². The fraction of sp³-hybridized carbons (Fsp3) is 0.158. The van der Waals surface area contributed by atoms with Crippen LogP contribution < -0.4 is 0 Å². The zero-order chi connectivity index (χ0) is 14.8. The van der Waals surface area contributed by atoms with Crippen LogP contribution in [-0.2, 0) is 6.42 Å². The highest BCUT2D eigenvalue weighted by Crippen LogP contribution is 2.31. The van der Waals surface area contributed by atoms with Crippen LogP contribution in [0.2, 0.25) is 0 Å². The summed E-state index contributed by atoms with van der Waals surface area (Å²) < 4.78 is 14.1. The maximum absolute atomic E-state index is 14.1. The first-order valence-corrected chi connectivity index (χ1v) is 7.93. The molecule has 0 amide bonds. The highest BCUT2D eigenvalue weighted by molar-refractivity contribution is 9.09. The van der Waals surface area contributed by atoms with Crippen LogP contribution in [0, 0.1) is 12.7 Å². The number of halogens is 2. The minimum absolute atomic E-state index is 0.0242. The summed E-state index contributed by atoms with van der Waals surface area (Å²) in [6.45, 7) is 1.90. The van der Waals surface area contributed by atoms with Gasteiger partial charge in [0.15, 0.2) is 0 Å². The average Bonchev–Trinajstić information content (AvgIpc) is 2.47. The van der Waals surface area contributed by atoms with Crippen molar-refractivity contribution in [3.05, 3.63) is 83.2 Å². The van der Waals surface area contributed by atoms with Crippen molar-refractivity contribution in [2.75, 3.05) is 0 Å². The first kappa shape index (κ1) is 14.3. The van der Waals surface area contributed by atoms with Gasteiger partial charge in [0.25, 0.3) is 0 Å². The standard InChI is InChI=1S/C19H16BrF/c1-13-9-10-17(19(21)11-13)18(20)12-15-7-4-6-14-5-2-3-8-16(14)15/h2-11,18H,12H2,1H3. The molecule has 2 heteroatoms. The van der Waals surface area contributed by atoms with Gasteiger partial charge in [0.1, 0.15) is 5.82 Å².